The average molecular weight is 396 g/mol. The van der Waals surface area contributed by atoms with Crippen molar-refractivity contribution in [1.29, 1.82) is 0 Å². The Bertz CT molecular complexity index is 740. The highest BCUT2D eigenvalue weighted by Crippen LogP contribution is 2.24. The highest BCUT2D eigenvalue weighted by atomic mass is 16.1. The minimum absolute atomic E-state index is 0.132. The molecule has 0 radical (unpaired) electrons. The van der Waals surface area contributed by atoms with Crippen LogP contribution in [0, 0.1) is 5.92 Å². The number of H-pyrrole nitrogens is 1. The number of amides is 1. The number of imidazole rings is 1. The molecule has 0 spiro atoms. The van der Waals surface area contributed by atoms with Crippen LogP contribution in [-0.2, 0) is 17.8 Å². The van der Waals surface area contributed by atoms with Gasteiger partial charge in [-0.25, -0.2) is 4.98 Å². The molecule has 2 aromatic rings. The van der Waals surface area contributed by atoms with Gasteiger partial charge in [0, 0.05) is 44.0 Å². The van der Waals surface area contributed by atoms with Gasteiger partial charge in [-0.2, -0.15) is 0 Å². The molecule has 2 aliphatic heterocycles. The lowest BCUT2D eigenvalue weighted by Gasteiger charge is -2.42. The summed E-state index contributed by atoms with van der Waals surface area (Å²) in [5, 5.41) is 3.13. The van der Waals surface area contributed by atoms with Crippen LogP contribution < -0.4 is 5.32 Å². The standard InChI is InChI=1S/C23H33N5O/c29-23(25-11-8-21-15-24-18-26-21)20-7-4-12-28(17-20)22-9-13-27(14-10-22)16-19-5-2-1-3-6-19/h1-3,5-6,15,18,20,22H,4,7-14,16-17H2,(H,24,26)(H,25,29)/t20-/m1/s1. The maximum Gasteiger partial charge on any atom is 0.224 e. The zero-order chi connectivity index (χ0) is 19.9. The van der Waals surface area contributed by atoms with E-state index in [0.717, 1.165) is 57.7 Å². The minimum atomic E-state index is 0.132. The van der Waals surface area contributed by atoms with Crippen molar-refractivity contribution >= 4 is 5.91 Å². The molecule has 2 aliphatic rings. The van der Waals surface area contributed by atoms with Crippen LogP contribution >= 0.6 is 0 Å². The highest BCUT2D eigenvalue weighted by molar-refractivity contribution is 5.78. The largest absolute Gasteiger partial charge is 0.355 e. The summed E-state index contributed by atoms with van der Waals surface area (Å²) in [4.78, 5) is 24.9. The fraction of sp³-hybridized carbons (Fsp3) is 0.565. The predicted octanol–water partition coefficient (Wildman–Crippen LogP) is 2.44. The summed E-state index contributed by atoms with van der Waals surface area (Å²) in [6.07, 6.45) is 8.87. The van der Waals surface area contributed by atoms with Gasteiger partial charge < -0.3 is 10.3 Å². The number of benzene rings is 1. The normalized spacial score (nSPS) is 21.9. The summed E-state index contributed by atoms with van der Waals surface area (Å²) >= 11 is 0. The van der Waals surface area contributed by atoms with E-state index < -0.39 is 0 Å². The number of likely N-dealkylation sites (tertiary alicyclic amines) is 2. The Morgan fingerprint density at radius 1 is 1.14 bits per heavy atom. The molecule has 1 amide bonds. The van der Waals surface area contributed by atoms with E-state index in [-0.39, 0.29) is 11.8 Å². The summed E-state index contributed by atoms with van der Waals surface area (Å²) in [6.45, 7) is 6.08. The van der Waals surface area contributed by atoms with E-state index in [2.05, 4.69) is 55.4 Å². The molecule has 2 fully saturated rings. The predicted molar refractivity (Wildman–Crippen MR) is 114 cm³/mol. The highest BCUT2D eigenvalue weighted by Gasteiger charge is 2.31. The molecule has 0 bridgehead atoms. The number of rotatable bonds is 7. The van der Waals surface area contributed by atoms with Gasteiger partial charge in [-0.3, -0.25) is 14.6 Å². The fourth-order valence-corrected chi connectivity index (χ4v) is 4.72. The Morgan fingerprint density at radius 3 is 2.72 bits per heavy atom. The lowest BCUT2D eigenvalue weighted by Crippen LogP contribution is -2.50. The molecular formula is C23H33N5O. The van der Waals surface area contributed by atoms with Gasteiger partial charge in [0.1, 0.15) is 0 Å². The van der Waals surface area contributed by atoms with Gasteiger partial charge in [0.15, 0.2) is 0 Å². The van der Waals surface area contributed by atoms with Crippen molar-refractivity contribution in [2.75, 3.05) is 32.7 Å². The molecule has 1 aromatic carbocycles. The Morgan fingerprint density at radius 2 is 1.97 bits per heavy atom. The van der Waals surface area contributed by atoms with Gasteiger partial charge in [0.2, 0.25) is 5.91 Å². The zero-order valence-electron chi connectivity index (χ0n) is 17.2. The number of aromatic amines is 1. The van der Waals surface area contributed by atoms with Gasteiger partial charge in [-0.05, 0) is 50.9 Å². The number of hydrogen-bond acceptors (Lipinski definition) is 4. The quantitative estimate of drug-likeness (QED) is 0.756. The Balaban J connectivity index is 1.20. The van der Waals surface area contributed by atoms with Crippen molar-refractivity contribution in [1.82, 2.24) is 25.1 Å². The monoisotopic (exact) mass is 395 g/mol. The van der Waals surface area contributed by atoms with Crippen molar-refractivity contribution in [2.24, 2.45) is 5.92 Å². The van der Waals surface area contributed by atoms with Crippen molar-refractivity contribution in [3.63, 3.8) is 0 Å². The maximum atomic E-state index is 12.6. The first kappa shape index (κ1) is 20.1. The SMILES string of the molecule is O=C(NCCc1cnc[nH]1)[C@@H]1CCCN(C2CCN(Cc3ccccc3)CC2)C1. The van der Waals surface area contributed by atoms with E-state index in [4.69, 9.17) is 0 Å². The smallest absolute Gasteiger partial charge is 0.224 e. The topological polar surface area (TPSA) is 64.3 Å². The second-order valence-electron chi connectivity index (χ2n) is 8.44. The Hall–Kier alpha value is -2.18. The molecular weight excluding hydrogens is 362 g/mol. The lowest BCUT2D eigenvalue weighted by atomic mass is 9.93. The number of hydrogen-bond donors (Lipinski definition) is 2. The van der Waals surface area contributed by atoms with Crippen LogP contribution in [0.15, 0.2) is 42.9 Å². The summed E-state index contributed by atoms with van der Waals surface area (Å²) in [5.41, 5.74) is 2.47. The van der Waals surface area contributed by atoms with E-state index in [9.17, 15) is 4.79 Å². The van der Waals surface area contributed by atoms with Crippen molar-refractivity contribution in [2.45, 2.75) is 44.7 Å². The first-order valence-corrected chi connectivity index (χ1v) is 11.0. The molecule has 6 heteroatoms. The number of nitrogens with one attached hydrogen (secondary N) is 2. The fourth-order valence-electron chi connectivity index (χ4n) is 4.72. The van der Waals surface area contributed by atoms with E-state index >= 15 is 0 Å². The molecule has 29 heavy (non-hydrogen) atoms. The van der Waals surface area contributed by atoms with Gasteiger partial charge in [0.25, 0.3) is 0 Å². The molecule has 6 nitrogen and oxygen atoms in total. The van der Waals surface area contributed by atoms with Crippen LogP contribution in [0.1, 0.15) is 36.9 Å². The summed E-state index contributed by atoms with van der Waals surface area (Å²) in [6, 6.07) is 11.4. The first-order chi connectivity index (χ1) is 14.3. The lowest BCUT2D eigenvalue weighted by molar-refractivity contribution is -0.127. The van der Waals surface area contributed by atoms with Crippen molar-refractivity contribution in [3.05, 3.63) is 54.1 Å². The van der Waals surface area contributed by atoms with E-state index in [1.54, 1.807) is 6.33 Å². The minimum Gasteiger partial charge on any atom is -0.355 e. The molecule has 0 unspecified atom stereocenters. The first-order valence-electron chi connectivity index (χ1n) is 11.0. The number of piperidine rings is 2. The summed E-state index contributed by atoms with van der Waals surface area (Å²) in [5.74, 6) is 0.351. The van der Waals surface area contributed by atoms with E-state index in [1.165, 1.54) is 18.4 Å². The number of nitrogens with zero attached hydrogens (tertiary/aromatic N) is 3. The van der Waals surface area contributed by atoms with Gasteiger partial charge in [-0.15, -0.1) is 0 Å². The van der Waals surface area contributed by atoms with Gasteiger partial charge in [0.05, 0.1) is 12.2 Å². The number of carbonyl (C=O) groups excluding carboxylic acids is 1. The third-order valence-electron chi connectivity index (χ3n) is 6.39. The second kappa shape index (κ2) is 10.0. The van der Waals surface area contributed by atoms with Crippen LogP contribution in [0.5, 0.6) is 0 Å². The second-order valence-corrected chi connectivity index (χ2v) is 8.44. The van der Waals surface area contributed by atoms with Crippen LogP contribution in [0.4, 0.5) is 0 Å². The van der Waals surface area contributed by atoms with E-state index in [1.807, 2.05) is 6.20 Å². The van der Waals surface area contributed by atoms with Crippen molar-refractivity contribution in [3.8, 4) is 0 Å². The van der Waals surface area contributed by atoms with Gasteiger partial charge in [-0.1, -0.05) is 30.3 Å². The molecule has 1 aromatic heterocycles. The van der Waals surface area contributed by atoms with Crippen LogP contribution in [0.3, 0.4) is 0 Å². The van der Waals surface area contributed by atoms with E-state index in [0.29, 0.717) is 12.6 Å². The Kier molecular flexibility index (Phi) is 6.96. The zero-order valence-corrected chi connectivity index (χ0v) is 17.2. The van der Waals surface area contributed by atoms with Crippen LogP contribution in [0.2, 0.25) is 0 Å². The number of aromatic nitrogens is 2. The molecule has 2 saturated heterocycles. The molecule has 2 N–H and O–H groups in total. The average Bonchev–Trinajstić information content (AvgIpc) is 3.29. The molecule has 3 heterocycles. The van der Waals surface area contributed by atoms with Crippen molar-refractivity contribution < 1.29 is 4.79 Å². The molecule has 4 rings (SSSR count). The molecule has 156 valence electrons. The maximum absolute atomic E-state index is 12.6. The molecule has 0 aliphatic carbocycles. The third kappa shape index (κ3) is 5.67. The molecule has 0 saturated carbocycles. The summed E-state index contributed by atoms with van der Waals surface area (Å²) < 4.78 is 0. The molecule has 1 atom stereocenters. The number of carbonyl (C=O) groups is 1. The Labute approximate surface area is 173 Å². The van der Waals surface area contributed by atoms with Gasteiger partial charge >= 0.3 is 0 Å². The summed E-state index contributed by atoms with van der Waals surface area (Å²) in [7, 11) is 0. The van der Waals surface area contributed by atoms with Crippen LogP contribution in [-0.4, -0.2) is 64.4 Å². The van der Waals surface area contributed by atoms with Crippen LogP contribution in [0.25, 0.3) is 0 Å². The third-order valence-corrected chi connectivity index (χ3v) is 6.39.